The largest absolute Gasteiger partial charge is 0.362 e. The number of nitrogens with one attached hydrogen (secondary N) is 3. The minimum atomic E-state index is -0.541. The highest BCUT2D eigenvalue weighted by Crippen LogP contribution is 2.40. The average Bonchev–Trinajstić information content (AvgIpc) is 3.47. The zero-order chi connectivity index (χ0) is 23.7. The van der Waals surface area contributed by atoms with Crippen LogP contribution in [0.2, 0.25) is 0 Å². The van der Waals surface area contributed by atoms with Gasteiger partial charge in [-0.3, -0.25) is 19.7 Å². The molecule has 2 heterocycles. The van der Waals surface area contributed by atoms with Crippen LogP contribution < -0.4 is 10.6 Å². The summed E-state index contributed by atoms with van der Waals surface area (Å²) in [5, 5.41) is 16.7. The number of benzene rings is 3. The van der Waals surface area contributed by atoms with Crippen LogP contribution in [0.25, 0.3) is 22.8 Å². The van der Waals surface area contributed by atoms with Crippen molar-refractivity contribution in [3.05, 3.63) is 112 Å². The van der Waals surface area contributed by atoms with E-state index in [1.54, 1.807) is 30.5 Å². The average molecular weight is 450 g/mol. The third-order valence-electron chi connectivity index (χ3n) is 5.50. The van der Waals surface area contributed by atoms with Gasteiger partial charge in [-0.05, 0) is 53.6 Å². The van der Waals surface area contributed by atoms with E-state index in [4.69, 9.17) is 0 Å². The molecule has 0 saturated carbocycles. The molecule has 0 spiro atoms. The summed E-state index contributed by atoms with van der Waals surface area (Å²) in [5.74, 6) is -0.643. The predicted molar refractivity (Wildman–Crippen MR) is 130 cm³/mol. The van der Waals surface area contributed by atoms with E-state index in [9.17, 15) is 19.7 Å². The zero-order valence-electron chi connectivity index (χ0n) is 17.7. The van der Waals surface area contributed by atoms with Gasteiger partial charge < -0.3 is 15.6 Å². The summed E-state index contributed by atoms with van der Waals surface area (Å²) in [6.07, 6.45) is 3.60. The first-order chi connectivity index (χ1) is 16.5. The summed E-state index contributed by atoms with van der Waals surface area (Å²) in [6.45, 7) is 0. The van der Waals surface area contributed by atoms with Crippen LogP contribution in [0.4, 0.5) is 17.1 Å². The van der Waals surface area contributed by atoms with Crippen LogP contribution in [-0.4, -0.2) is 21.7 Å². The minimum Gasteiger partial charge on any atom is -0.362 e. The van der Waals surface area contributed by atoms with Crippen molar-refractivity contribution in [2.75, 3.05) is 10.6 Å². The van der Waals surface area contributed by atoms with Crippen LogP contribution in [0.3, 0.4) is 0 Å². The van der Waals surface area contributed by atoms with E-state index in [1.807, 2.05) is 36.4 Å². The Morgan fingerprint density at radius 3 is 2.59 bits per heavy atom. The predicted octanol–water partition coefficient (Wildman–Crippen LogP) is 5.33. The molecule has 1 aliphatic heterocycles. The molecule has 3 N–H and O–H groups in total. The number of H-pyrrole nitrogens is 1. The highest BCUT2D eigenvalue weighted by atomic mass is 16.6. The summed E-state index contributed by atoms with van der Waals surface area (Å²) in [6, 6.07) is 22.2. The van der Waals surface area contributed by atoms with Crippen molar-refractivity contribution in [1.29, 1.82) is 0 Å². The first-order valence-electron chi connectivity index (χ1n) is 10.5. The van der Waals surface area contributed by atoms with Gasteiger partial charge in [0.15, 0.2) is 0 Å². The lowest BCUT2D eigenvalue weighted by atomic mass is 9.94. The smallest absolute Gasteiger partial charge is 0.270 e. The Bertz CT molecular complexity index is 1470. The monoisotopic (exact) mass is 450 g/mol. The summed E-state index contributed by atoms with van der Waals surface area (Å²) >= 11 is 0. The number of fused-ring (bicyclic) bond motifs is 1. The number of aromatic amines is 1. The molecule has 1 aliphatic rings. The van der Waals surface area contributed by atoms with Gasteiger partial charge in [0.05, 0.1) is 10.5 Å². The molecule has 0 bridgehead atoms. The first-order valence-corrected chi connectivity index (χ1v) is 10.5. The van der Waals surface area contributed by atoms with Gasteiger partial charge in [0, 0.05) is 46.5 Å². The van der Waals surface area contributed by atoms with Gasteiger partial charge >= 0.3 is 0 Å². The molecule has 0 atom stereocenters. The summed E-state index contributed by atoms with van der Waals surface area (Å²) in [4.78, 5) is 38.9. The molecule has 0 unspecified atom stereocenters. The number of amides is 2. The quantitative estimate of drug-likeness (QED) is 0.216. The minimum absolute atomic E-state index is 0.153. The van der Waals surface area contributed by atoms with Crippen LogP contribution in [0.5, 0.6) is 0 Å². The lowest BCUT2D eigenvalue weighted by Crippen LogP contribution is -2.12. The number of nitro benzene ring substituents is 1. The third-order valence-corrected chi connectivity index (χ3v) is 5.50. The Labute approximate surface area is 194 Å². The van der Waals surface area contributed by atoms with Crippen LogP contribution >= 0.6 is 0 Å². The Morgan fingerprint density at radius 1 is 0.971 bits per heavy atom. The Balaban J connectivity index is 1.49. The maximum absolute atomic E-state index is 12.7. The standard InChI is InChI=1S/C26H18N4O4/c31-25(17-6-2-9-20(14-17)30(33)34)28-19-7-1-5-16(13-19)21-10-3-11-23-24(21)22(26(32)29-23)15-18-8-4-12-27-18/h1-15,27H,(H,28,31)(H,29,32)/b22-15-. The van der Waals surface area contributed by atoms with E-state index in [-0.39, 0.29) is 17.2 Å². The van der Waals surface area contributed by atoms with E-state index in [2.05, 4.69) is 15.6 Å². The molecule has 0 radical (unpaired) electrons. The van der Waals surface area contributed by atoms with Crippen molar-refractivity contribution in [2.45, 2.75) is 0 Å². The Hall–Kier alpha value is -4.98. The molecular formula is C26H18N4O4. The van der Waals surface area contributed by atoms with Gasteiger partial charge in [-0.25, -0.2) is 0 Å². The van der Waals surface area contributed by atoms with Gasteiger partial charge in [-0.15, -0.1) is 0 Å². The van der Waals surface area contributed by atoms with E-state index in [0.29, 0.717) is 16.9 Å². The van der Waals surface area contributed by atoms with Crippen LogP contribution in [-0.2, 0) is 4.79 Å². The van der Waals surface area contributed by atoms with Crippen LogP contribution in [0, 0.1) is 10.1 Å². The van der Waals surface area contributed by atoms with Gasteiger partial charge in [0.1, 0.15) is 0 Å². The molecule has 3 aromatic carbocycles. The molecule has 2 amide bonds. The fourth-order valence-corrected chi connectivity index (χ4v) is 3.95. The van der Waals surface area contributed by atoms with Crippen molar-refractivity contribution in [1.82, 2.24) is 4.98 Å². The number of nitro groups is 1. The van der Waals surface area contributed by atoms with Gasteiger partial charge in [0.25, 0.3) is 17.5 Å². The normalized spacial score (nSPS) is 13.4. The van der Waals surface area contributed by atoms with E-state index in [0.717, 1.165) is 22.4 Å². The van der Waals surface area contributed by atoms with Crippen molar-refractivity contribution in [3.63, 3.8) is 0 Å². The number of hydrogen-bond donors (Lipinski definition) is 3. The molecule has 0 fully saturated rings. The van der Waals surface area contributed by atoms with E-state index in [1.165, 1.54) is 24.3 Å². The lowest BCUT2D eigenvalue weighted by Gasteiger charge is -2.11. The van der Waals surface area contributed by atoms with E-state index >= 15 is 0 Å². The molecule has 4 aromatic rings. The topological polar surface area (TPSA) is 117 Å². The molecule has 34 heavy (non-hydrogen) atoms. The van der Waals surface area contributed by atoms with E-state index < -0.39 is 10.8 Å². The number of nitrogens with zero attached hydrogens (tertiary/aromatic N) is 1. The second-order valence-electron chi connectivity index (χ2n) is 7.71. The molecule has 0 saturated heterocycles. The molecule has 5 rings (SSSR count). The van der Waals surface area contributed by atoms with Gasteiger partial charge in [-0.2, -0.15) is 0 Å². The summed E-state index contributed by atoms with van der Waals surface area (Å²) < 4.78 is 0. The summed E-state index contributed by atoms with van der Waals surface area (Å²) in [7, 11) is 0. The number of rotatable bonds is 5. The molecule has 8 nitrogen and oxygen atoms in total. The Morgan fingerprint density at radius 2 is 1.79 bits per heavy atom. The second kappa shape index (κ2) is 8.51. The molecule has 166 valence electrons. The molecule has 0 aliphatic carbocycles. The highest BCUT2D eigenvalue weighted by Gasteiger charge is 2.27. The number of aromatic nitrogens is 1. The van der Waals surface area contributed by atoms with Gasteiger partial charge in [-0.1, -0.05) is 30.3 Å². The lowest BCUT2D eigenvalue weighted by molar-refractivity contribution is -0.384. The maximum Gasteiger partial charge on any atom is 0.270 e. The number of carbonyl (C=O) groups excluding carboxylic acids is 2. The van der Waals surface area contributed by atoms with Crippen molar-refractivity contribution < 1.29 is 14.5 Å². The fraction of sp³-hybridized carbons (Fsp3) is 0. The number of non-ortho nitro benzene ring substituents is 1. The number of carbonyl (C=O) groups is 2. The SMILES string of the molecule is O=C1Nc2cccc(-c3cccc(NC(=O)c4cccc([N+](=O)[O-])c4)c3)c2/C1=C/c1ccc[nH]1. The van der Waals surface area contributed by atoms with Crippen molar-refractivity contribution >= 4 is 40.5 Å². The number of anilines is 2. The second-order valence-corrected chi connectivity index (χ2v) is 7.71. The zero-order valence-corrected chi connectivity index (χ0v) is 17.7. The number of hydrogen-bond acceptors (Lipinski definition) is 4. The molecule has 8 heteroatoms. The van der Waals surface area contributed by atoms with Gasteiger partial charge in [0.2, 0.25) is 0 Å². The Kier molecular flexibility index (Phi) is 5.23. The molecule has 1 aromatic heterocycles. The molecular weight excluding hydrogens is 432 g/mol. The maximum atomic E-state index is 12.7. The van der Waals surface area contributed by atoms with Crippen LogP contribution in [0.1, 0.15) is 21.6 Å². The van der Waals surface area contributed by atoms with Crippen molar-refractivity contribution in [3.8, 4) is 11.1 Å². The van der Waals surface area contributed by atoms with Crippen molar-refractivity contribution in [2.24, 2.45) is 0 Å². The first kappa shape index (κ1) is 20.9. The highest BCUT2D eigenvalue weighted by molar-refractivity contribution is 6.36. The summed E-state index contributed by atoms with van der Waals surface area (Å²) in [5.41, 5.74) is 5.05. The third kappa shape index (κ3) is 3.95. The fourth-order valence-electron chi connectivity index (χ4n) is 3.95. The van der Waals surface area contributed by atoms with Crippen LogP contribution in [0.15, 0.2) is 85.1 Å².